The van der Waals surface area contributed by atoms with E-state index in [0.29, 0.717) is 12.5 Å². The molecule has 0 unspecified atom stereocenters. The van der Waals surface area contributed by atoms with Gasteiger partial charge in [0.25, 0.3) is 0 Å². The molecular formula is C13H15N3O2S. The Balaban J connectivity index is 2.06. The van der Waals surface area contributed by atoms with Gasteiger partial charge in [-0.05, 0) is 17.5 Å². The summed E-state index contributed by atoms with van der Waals surface area (Å²) in [7, 11) is 0. The highest BCUT2D eigenvalue weighted by Gasteiger charge is 2.21. The van der Waals surface area contributed by atoms with Crippen molar-refractivity contribution >= 4 is 23.3 Å². The number of nitrogens with zero attached hydrogens (tertiary/aromatic N) is 2. The number of aromatic nitrogens is 2. The number of carboxylic acids is 1. The number of hydrogen-bond acceptors (Lipinski definition) is 5. The average molecular weight is 277 g/mol. The number of nitrogens with one attached hydrogen (secondary N) is 1. The van der Waals surface area contributed by atoms with Gasteiger partial charge in [0.1, 0.15) is 0 Å². The van der Waals surface area contributed by atoms with Crippen molar-refractivity contribution in [3.05, 3.63) is 40.3 Å². The van der Waals surface area contributed by atoms with Crippen LogP contribution in [0.25, 0.3) is 0 Å². The second-order valence-electron chi connectivity index (χ2n) is 4.79. The summed E-state index contributed by atoms with van der Waals surface area (Å²) in [6.07, 6.45) is 1.44. The Bertz CT molecular complexity index is 567. The molecule has 2 aromatic rings. The Kier molecular flexibility index (Phi) is 3.80. The second kappa shape index (κ2) is 5.36. The number of anilines is 1. The maximum atomic E-state index is 10.8. The lowest BCUT2D eigenvalue weighted by atomic mass is 9.91. The first kappa shape index (κ1) is 13.5. The molecule has 0 amide bonds. The molecule has 0 spiro atoms. The van der Waals surface area contributed by atoms with Crippen LogP contribution in [0.1, 0.15) is 29.2 Å². The summed E-state index contributed by atoms with van der Waals surface area (Å²) in [6.45, 7) is 4.87. The van der Waals surface area contributed by atoms with E-state index >= 15 is 0 Å². The first-order valence-corrected chi connectivity index (χ1v) is 6.71. The zero-order chi connectivity index (χ0) is 13.9. The molecular weight excluding hydrogens is 262 g/mol. The molecule has 0 atom stereocenters. The number of carbonyl (C=O) groups is 1. The van der Waals surface area contributed by atoms with E-state index in [1.54, 1.807) is 11.3 Å². The van der Waals surface area contributed by atoms with Crippen molar-refractivity contribution in [1.29, 1.82) is 0 Å². The Morgan fingerprint density at radius 2 is 2.26 bits per heavy atom. The van der Waals surface area contributed by atoms with Crippen LogP contribution in [0, 0.1) is 0 Å². The topological polar surface area (TPSA) is 75.1 Å². The highest BCUT2D eigenvalue weighted by molar-refractivity contribution is 7.10. The molecule has 2 heterocycles. The van der Waals surface area contributed by atoms with Crippen molar-refractivity contribution in [3.63, 3.8) is 0 Å². The number of aromatic carboxylic acids is 1. The summed E-state index contributed by atoms with van der Waals surface area (Å²) in [6, 6.07) is 5.47. The first-order valence-electron chi connectivity index (χ1n) is 5.83. The zero-order valence-corrected chi connectivity index (χ0v) is 11.6. The summed E-state index contributed by atoms with van der Waals surface area (Å²) in [4.78, 5) is 20.0. The van der Waals surface area contributed by atoms with Gasteiger partial charge in [0, 0.05) is 23.0 Å². The average Bonchev–Trinajstić information content (AvgIpc) is 2.91. The van der Waals surface area contributed by atoms with Gasteiger partial charge in [-0.1, -0.05) is 19.9 Å². The molecule has 0 radical (unpaired) electrons. The van der Waals surface area contributed by atoms with Crippen LogP contribution in [-0.4, -0.2) is 27.6 Å². The molecule has 19 heavy (non-hydrogen) atoms. The number of thiophene rings is 1. The van der Waals surface area contributed by atoms with Gasteiger partial charge < -0.3 is 10.4 Å². The SMILES string of the molecule is CC(C)(CNc1nccc(C(=O)O)n1)c1cccs1. The molecule has 0 aliphatic rings. The monoisotopic (exact) mass is 277 g/mol. The highest BCUT2D eigenvalue weighted by atomic mass is 32.1. The summed E-state index contributed by atoms with van der Waals surface area (Å²) >= 11 is 1.70. The Labute approximate surface area is 115 Å². The lowest BCUT2D eigenvalue weighted by molar-refractivity contribution is 0.0690. The molecule has 0 bridgehead atoms. The van der Waals surface area contributed by atoms with E-state index in [4.69, 9.17) is 5.11 Å². The van der Waals surface area contributed by atoms with Crippen molar-refractivity contribution < 1.29 is 9.90 Å². The highest BCUT2D eigenvalue weighted by Crippen LogP contribution is 2.27. The predicted molar refractivity (Wildman–Crippen MR) is 74.8 cm³/mol. The molecule has 0 saturated carbocycles. The van der Waals surface area contributed by atoms with Gasteiger partial charge in [-0.25, -0.2) is 14.8 Å². The smallest absolute Gasteiger partial charge is 0.354 e. The van der Waals surface area contributed by atoms with Crippen LogP contribution in [0.3, 0.4) is 0 Å². The Morgan fingerprint density at radius 3 is 2.89 bits per heavy atom. The fraction of sp³-hybridized carbons (Fsp3) is 0.308. The minimum Gasteiger partial charge on any atom is -0.477 e. The Morgan fingerprint density at radius 1 is 1.47 bits per heavy atom. The van der Waals surface area contributed by atoms with Crippen molar-refractivity contribution in [2.24, 2.45) is 0 Å². The van der Waals surface area contributed by atoms with E-state index in [1.165, 1.54) is 17.1 Å². The summed E-state index contributed by atoms with van der Waals surface area (Å²) in [5, 5.41) is 14.0. The lowest BCUT2D eigenvalue weighted by Gasteiger charge is -2.23. The Hall–Kier alpha value is -1.95. The third-order valence-electron chi connectivity index (χ3n) is 2.75. The molecule has 0 saturated heterocycles. The van der Waals surface area contributed by atoms with Gasteiger partial charge in [-0.3, -0.25) is 0 Å². The third-order valence-corrected chi connectivity index (χ3v) is 3.99. The predicted octanol–water partition coefficient (Wildman–Crippen LogP) is 2.63. The van der Waals surface area contributed by atoms with Crippen molar-refractivity contribution in [2.45, 2.75) is 19.3 Å². The molecule has 0 fully saturated rings. The fourth-order valence-corrected chi connectivity index (χ4v) is 2.47. The number of rotatable bonds is 5. The number of hydrogen-bond donors (Lipinski definition) is 2. The van der Waals surface area contributed by atoms with Crippen molar-refractivity contribution in [3.8, 4) is 0 Å². The van der Waals surface area contributed by atoms with Crippen LogP contribution in [0.4, 0.5) is 5.95 Å². The number of carboxylic acid groups (broad SMARTS) is 1. The van der Waals surface area contributed by atoms with Crippen molar-refractivity contribution in [2.75, 3.05) is 11.9 Å². The van der Waals surface area contributed by atoms with Crippen LogP contribution in [0.2, 0.25) is 0 Å². The normalized spacial score (nSPS) is 11.3. The molecule has 0 aliphatic carbocycles. The molecule has 2 aromatic heterocycles. The zero-order valence-electron chi connectivity index (χ0n) is 10.8. The second-order valence-corrected chi connectivity index (χ2v) is 5.73. The maximum absolute atomic E-state index is 10.8. The van der Waals surface area contributed by atoms with Crippen LogP contribution in [0.15, 0.2) is 29.8 Å². The molecule has 2 N–H and O–H groups in total. The first-order chi connectivity index (χ1) is 8.99. The molecule has 0 aliphatic heterocycles. The minimum absolute atomic E-state index is 0.00794. The van der Waals surface area contributed by atoms with Crippen LogP contribution in [-0.2, 0) is 5.41 Å². The molecule has 100 valence electrons. The maximum Gasteiger partial charge on any atom is 0.354 e. The fourth-order valence-electron chi connectivity index (χ4n) is 1.61. The van der Waals surface area contributed by atoms with Crippen LogP contribution in [0.5, 0.6) is 0 Å². The van der Waals surface area contributed by atoms with E-state index in [2.05, 4.69) is 35.2 Å². The van der Waals surface area contributed by atoms with Gasteiger partial charge >= 0.3 is 5.97 Å². The molecule has 0 aromatic carbocycles. The van der Waals surface area contributed by atoms with Crippen LogP contribution >= 0.6 is 11.3 Å². The van der Waals surface area contributed by atoms with E-state index in [-0.39, 0.29) is 11.1 Å². The van der Waals surface area contributed by atoms with Gasteiger partial charge in [0.05, 0.1) is 0 Å². The van der Waals surface area contributed by atoms with Gasteiger partial charge in [0.15, 0.2) is 5.69 Å². The van der Waals surface area contributed by atoms with Gasteiger partial charge in [-0.15, -0.1) is 11.3 Å². The quantitative estimate of drug-likeness (QED) is 0.878. The third kappa shape index (κ3) is 3.29. The van der Waals surface area contributed by atoms with E-state index in [9.17, 15) is 4.79 Å². The lowest BCUT2D eigenvalue weighted by Crippen LogP contribution is -2.27. The van der Waals surface area contributed by atoms with Gasteiger partial charge in [-0.2, -0.15) is 0 Å². The molecule has 2 rings (SSSR count). The standard InChI is InChI=1S/C13H15N3O2S/c1-13(2,10-4-3-7-19-10)8-15-12-14-6-5-9(16-12)11(17)18/h3-7H,8H2,1-2H3,(H,17,18)(H,14,15,16). The molecule has 6 heteroatoms. The summed E-state index contributed by atoms with van der Waals surface area (Å²) in [5.74, 6) is -0.715. The summed E-state index contributed by atoms with van der Waals surface area (Å²) < 4.78 is 0. The largest absolute Gasteiger partial charge is 0.477 e. The van der Waals surface area contributed by atoms with Crippen LogP contribution < -0.4 is 5.32 Å². The van der Waals surface area contributed by atoms with E-state index in [1.807, 2.05) is 11.4 Å². The van der Waals surface area contributed by atoms with Crippen molar-refractivity contribution in [1.82, 2.24) is 9.97 Å². The minimum atomic E-state index is -1.05. The van der Waals surface area contributed by atoms with Gasteiger partial charge in [0.2, 0.25) is 5.95 Å². The summed E-state index contributed by atoms with van der Waals surface area (Å²) in [5.41, 5.74) is -0.0667. The van der Waals surface area contributed by atoms with E-state index < -0.39 is 5.97 Å². The molecule has 5 nitrogen and oxygen atoms in total. The van der Waals surface area contributed by atoms with E-state index in [0.717, 1.165) is 0 Å².